The van der Waals surface area contributed by atoms with Crippen molar-refractivity contribution < 1.29 is 37.5 Å². The van der Waals surface area contributed by atoms with E-state index in [4.69, 9.17) is 15.3 Å². The van der Waals surface area contributed by atoms with Crippen LogP contribution in [0, 0.1) is 6.92 Å². The summed E-state index contributed by atoms with van der Waals surface area (Å²) >= 11 is 0.808. The zero-order chi connectivity index (χ0) is 38.8. The van der Waals surface area contributed by atoms with Gasteiger partial charge >= 0.3 is 0 Å². The lowest BCUT2D eigenvalue weighted by atomic mass is 10.1. The number of carbonyl (C=O) groups is 5. The van der Waals surface area contributed by atoms with Crippen molar-refractivity contribution in [3.63, 3.8) is 0 Å². The number of nitrogens with two attached hydrogens (primary N) is 1. The molecule has 2 aromatic carbocycles. The molecule has 16 nitrogen and oxygen atoms in total. The molecular formula is C35H48N8O8S2. The molecule has 3 rings (SSSR count). The molecule has 53 heavy (non-hydrogen) atoms. The van der Waals surface area contributed by atoms with Gasteiger partial charge in [-0.1, -0.05) is 41.6 Å². The maximum Gasteiger partial charge on any atom is 0.239 e. The van der Waals surface area contributed by atoms with Gasteiger partial charge in [-0.2, -0.15) is 5.10 Å². The Kier molecular flexibility index (Phi) is 17.8. The lowest BCUT2D eigenvalue weighted by Gasteiger charge is -2.17. The van der Waals surface area contributed by atoms with Crippen LogP contribution in [0.1, 0.15) is 49.9 Å². The zero-order valence-corrected chi connectivity index (χ0v) is 31.5. The highest BCUT2D eigenvalue weighted by Crippen LogP contribution is 2.28. The van der Waals surface area contributed by atoms with E-state index in [1.807, 2.05) is 31.2 Å². The van der Waals surface area contributed by atoms with Crippen molar-refractivity contribution >= 4 is 50.4 Å². The first-order chi connectivity index (χ1) is 25.3. The topological polar surface area (TPSA) is 244 Å². The van der Waals surface area contributed by atoms with Crippen molar-refractivity contribution in [3.8, 4) is 16.9 Å². The van der Waals surface area contributed by atoms with Crippen LogP contribution in [0.3, 0.4) is 0 Å². The fraction of sp³-hybridized carbons (Fsp3) is 0.429. The minimum absolute atomic E-state index is 0.0661. The van der Waals surface area contributed by atoms with Gasteiger partial charge in [0, 0.05) is 19.1 Å². The van der Waals surface area contributed by atoms with E-state index in [1.165, 1.54) is 19.1 Å². The number of primary sulfonamides is 1. The summed E-state index contributed by atoms with van der Waals surface area (Å²) in [6, 6.07) is 14.4. The van der Waals surface area contributed by atoms with Gasteiger partial charge in [0.1, 0.15) is 6.04 Å². The summed E-state index contributed by atoms with van der Waals surface area (Å²) in [7, 11) is -3.93. The number of sulfonamides is 1. The van der Waals surface area contributed by atoms with E-state index in [9.17, 15) is 32.4 Å². The number of unbranched alkanes of at least 4 members (excludes halogenated alkanes) is 2. The molecule has 0 aliphatic heterocycles. The lowest BCUT2D eigenvalue weighted by Crippen LogP contribution is -2.44. The third kappa shape index (κ3) is 15.2. The quantitative estimate of drug-likeness (QED) is 0.0651. The molecular weight excluding hydrogens is 725 g/mol. The predicted molar refractivity (Wildman–Crippen MR) is 201 cm³/mol. The number of amides is 3. The fourth-order valence-electron chi connectivity index (χ4n) is 4.92. The minimum atomic E-state index is -3.93. The number of rotatable bonds is 23. The molecule has 0 aliphatic rings. The van der Waals surface area contributed by atoms with Crippen LogP contribution >= 0.6 is 11.8 Å². The first-order valence-electron chi connectivity index (χ1n) is 17.1. The van der Waals surface area contributed by atoms with Crippen LogP contribution in [0.5, 0.6) is 0 Å². The molecule has 3 aromatic rings. The van der Waals surface area contributed by atoms with E-state index in [0.717, 1.165) is 61.7 Å². The summed E-state index contributed by atoms with van der Waals surface area (Å²) in [4.78, 5) is 61.1. The average molecular weight is 773 g/mol. The van der Waals surface area contributed by atoms with Crippen molar-refractivity contribution in [2.75, 3.05) is 51.6 Å². The van der Waals surface area contributed by atoms with Crippen LogP contribution in [-0.2, 0) is 34.0 Å². The number of aliphatic hydroxyl groups is 1. The van der Waals surface area contributed by atoms with Crippen molar-refractivity contribution in [2.24, 2.45) is 5.14 Å². The van der Waals surface area contributed by atoms with E-state index >= 15 is 0 Å². The van der Waals surface area contributed by atoms with Gasteiger partial charge in [-0.15, -0.1) is 0 Å². The molecule has 1 atom stereocenters. The van der Waals surface area contributed by atoms with E-state index in [2.05, 4.69) is 26.6 Å². The summed E-state index contributed by atoms with van der Waals surface area (Å²) in [6.07, 6.45) is 3.14. The van der Waals surface area contributed by atoms with Crippen LogP contribution in [0.4, 0.5) is 0 Å². The van der Waals surface area contributed by atoms with Crippen LogP contribution in [-0.4, -0.2) is 104 Å². The Morgan fingerprint density at radius 3 is 2.02 bits per heavy atom. The van der Waals surface area contributed by atoms with Gasteiger partial charge in [0.2, 0.25) is 27.7 Å². The normalized spacial score (nSPS) is 11.8. The maximum atomic E-state index is 13.7. The number of benzene rings is 2. The first-order valence-corrected chi connectivity index (χ1v) is 19.6. The van der Waals surface area contributed by atoms with E-state index < -0.39 is 46.1 Å². The van der Waals surface area contributed by atoms with Crippen molar-refractivity contribution in [1.29, 1.82) is 0 Å². The highest BCUT2D eigenvalue weighted by atomic mass is 32.2. The van der Waals surface area contributed by atoms with Crippen molar-refractivity contribution in [2.45, 2.75) is 50.5 Å². The molecule has 8 N–H and O–H groups in total. The summed E-state index contributed by atoms with van der Waals surface area (Å²) in [5.41, 5.74) is 3.35. The summed E-state index contributed by atoms with van der Waals surface area (Å²) in [5.74, 6) is -2.28. The number of aliphatic hydroxyl groups excluding tert-OH is 1. The van der Waals surface area contributed by atoms with Crippen molar-refractivity contribution in [3.05, 3.63) is 65.9 Å². The molecule has 288 valence electrons. The molecule has 0 aliphatic carbocycles. The Balaban J connectivity index is 1.76. The standard InChI is InChI=1S/C35H48N8O8S2/c1-24-7-9-26(10-8-24)30-19-29(42-43(30)27-11-13-28(14-12-27)53(36,50)51)35(38-17-4-3-15-37-16-5-6-18-44)31(46)20-39-32(47)21-40-33(48)22-41-34(49)23-52-25(2)45/h7-14,19,35,37-38,44H,3-6,15-18,20-23H2,1-2H3,(H,39,47)(H,40,48)(H,41,49)(H2,36,50,51). The molecule has 3 amide bonds. The number of thioether (sulfide) groups is 1. The number of aromatic nitrogens is 2. The number of hydrogen-bond acceptors (Lipinski definition) is 12. The number of carbonyl (C=O) groups excluding carboxylic acids is 5. The minimum Gasteiger partial charge on any atom is -0.396 e. The molecule has 1 heterocycles. The van der Waals surface area contributed by atoms with Gasteiger partial charge < -0.3 is 31.7 Å². The third-order valence-electron chi connectivity index (χ3n) is 7.75. The molecule has 1 unspecified atom stereocenters. The predicted octanol–water partition coefficient (Wildman–Crippen LogP) is 0.466. The van der Waals surface area contributed by atoms with Crippen LogP contribution in [0.15, 0.2) is 59.5 Å². The van der Waals surface area contributed by atoms with Gasteiger partial charge in [-0.05, 0) is 82.6 Å². The zero-order valence-electron chi connectivity index (χ0n) is 29.9. The Hall–Kier alpha value is -4.46. The average Bonchev–Trinajstić information content (AvgIpc) is 3.57. The van der Waals surface area contributed by atoms with Crippen LogP contribution in [0.2, 0.25) is 0 Å². The number of nitrogens with zero attached hydrogens (tertiary/aromatic N) is 2. The maximum absolute atomic E-state index is 13.7. The van der Waals surface area contributed by atoms with Crippen molar-refractivity contribution in [1.82, 2.24) is 36.4 Å². The molecule has 0 saturated carbocycles. The summed E-state index contributed by atoms with van der Waals surface area (Å²) in [6.45, 7) is 4.23. The van der Waals surface area contributed by atoms with Gasteiger partial charge in [0.05, 0.1) is 47.4 Å². The Labute approximate surface area is 313 Å². The second-order valence-corrected chi connectivity index (χ2v) is 14.8. The molecule has 0 bridgehead atoms. The molecule has 0 fully saturated rings. The highest BCUT2D eigenvalue weighted by molar-refractivity contribution is 8.14. The van der Waals surface area contributed by atoms with Gasteiger partial charge in [0.15, 0.2) is 10.9 Å². The smallest absolute Gasteiger partial charge is 0.239 e. The lowest BCUT2D eigenvalue weighted by molar-refractivity contribution is -0.128. The fourth-order valence-corrected chi connectivity index (χ4v) is 5.88. The monoisotopic (exact) mass is 772 g/mol. The number of Topliss-reactive ketones (excluding diaryl/α,β-unsaturated/α-hetero) is 1. The number of ketones is 1. The second kappa shape index (κ2) is 21.9. The molecule has 0 radical (unpaired) electrons. The summed E-state index contributed by atoms with van der Waals surface area (Å²) < 4.78 is 25.4. The Morgan fingerprint density at radius 2 is 1.42 bits per heavy atom. The first kappa shape index (κ1) is 42.9. The largest absolute Gasteiger partial charge is 0.396 e. The van der Waals surface area contributed by atoms with Crippen LogP contribution in [0.25, 0.3) is 16.9 Å². The third-order valence-corrected chi connectivity index (χ3v) is 9.49. The van der Waals surface area contributed by atoms with Gasteiger partial charge in [-0.25, -0.2) is 18.2 Å². The molecule has 0 saturated heterocycles. The van der Waals surface area contributed by atoms with Crippen LogP contribution < -0.4 is 31.7 Å². The molecule has 18 heteroatoms. The highest BCUT2D eigenvalue weighted by Gasteiger charge is 2.26. The van der Waals surface area contributed by atoms with Gasteiger partial charge in [-0.3, -0.25) is 24.0 Å². The Morgan fingerprint density at radius 1 is 0.830 bits per heavy atom. The molecule has 1 aromatic heterocycles. The van der Waals surface area contributed by atoms with E-state index in [1.54, 1.807) is 22.9 Å². The number of aryl methyl sites for hydroxylation is 1. The Bertz CT molecular complexity index is 1800. The summed E-state index contributed by atoms with van der Waals surface area (Å²) in [5, 5.41) is 32.7. The second-order valence-electron chi connectivity index (χ2n) is 12.1. The number of hydrogen-bond donors (Lipinski definition) is 7. The van der Waals surface area contributed by atoms with E-state index in [0.29, 0.717) is 23.6 Å². The van der Waals surface area contributed by atoms with E-state index in [-0.39, 0.29) is 35.5 Å². The van der Waals surface area contributed by atoms with Gasteiger partial charge in [0.25, 0.3) is 0 Å². The molecule has 0 spiro atoms. The number of nitrogens with one attached hydrogen (secondary N) is 5. The SMILES string of the molecule is CC(=O)SCC(=O)NCC(=O)NCC(=O)NCC(=O)C(NCCCCNCCCCO)c1cc(-c2ccc(C)cc2)n(-c2ccc(S(N)(=O)=O)cc2)n1.